The minimum absolute atomic E-state index is 0.0980. The van der Waals surface area contributed by atoms with Gasteiger partial charge in [-0.1, -0.05) is 23.7 Å². The van der Waals surface area contributed by atoms with E-state index in [0.29, 0.717) is 10.6 Å². The van der Waals surface area contributed by atoms with E-state index in [0.717, 1.165) is 39.5 Å². The lowest BCUT2D eigenvalue weighted by Crippen LogP contribution is -2.30. The van der Waals surface area contributed by atoms with Crippen LogP contribution in [0.3, 0.4) is 0 Å². The van der Waals surface area contributed by atoms with Gasteiger partial charge in [0.15, 0.2) is 5.65 Å². The number of hydrogen-bond donors (Lipinski definition) is 1. The number of carbonyl (C=O) groups excluding carboxylic acids is 1. The SMILES string of the molecule is Cc1cn(CO)c2c1C(=O)N(c1cc(C)c3nnc(C)n3c1)C2c1ccc(Cl)cc1. The number of aliphatic hydroxyl groups excluding tert-OH is 1. The van der Waals surface area contributed by atoms with E-state index < -0.39 is 0 Å². The molecule has 1 aliphatic heterocycles. The van der Waals surface area contributed by atoms with Crippen LogP contribution >= 0.6 is 11.6 Å². The zero-order chi connectivity index (χ0) is 21.2. The number of benzene rings is 1. The van der Waals surface area contributed by atoms with Crippen LogP contribution in [-0.4, -0.2) is 30.2 Å². The second-order valence-electron chi connectivity index (χ2n) is 7.63. The Kier molecular flexibility index (Phi) is 4.20. The molecule has 152 valence electrons. The summed E-state index contributed by atoms with van der Waals surface area (Å²) < 4.78 is 3.63. The number of aryl methyl sites for hydroxylation is 3. The van der Waals surface area contributed by atoms with Crippen LogP contribution < -0.4 is 4.90 Å². The highest BCUT2D eigenvalue weighted by atomic mass is 35.5. The van der Waals surface area contributed by atoms with Gasteiger partial charge >= 0.3 is 0 Å². The fraction of sp³-hybridized carbons (Fsp3) is 0.227. The zero-order valence-corrected chi connectivity index (χ0v) is 17.6. The van der Waals surface area contributed by atoms with Crippen molar-refractivity contribution in [1.82, 2.24) is 19.2 Å². The van der Waals surface area contributed by atoms with Gasteiger partial charge in [-0.15, -0.1) is 10.2 Å². The summed E-state index contributed by atoms with van der Waals surface area (Å²) in [4.78, 5) is 15.4. The molecule has 3 aromatic heterocycles. The maximum absolute atomic E-state index is 13.6. The minimum atomic E-state index is -0.390. The van der Waals surface area contributed by atoms with Gasteiger partial charge in [-0.2, -0.15) is 0 Å². The monoisotopic (exact) mass is 421 g/mol. The van der Waals surface area contributed by atoms with Gasteiger partial charge in [0.1, 0.15) is 18.6 Å². The molecule has 30 heavy (non-hydrogen) atoms. The van der Waals surface area contributed by atoms with Crippen LogP contribution in [0.2, 0.25) is 5.02 Å². The third kappa shape index (κ3) is 2.59. The van der Waals surface area contributed by atoms with E-state index in [2.05, 4.69) is 10.2 Å². The van der Waals surface area contributed by atoms with Crippen LogP contribution in [0.25, 0.3) is 5.65 Å². The number of pyridine rings is 1. The smallest absolute Gasteiger partial charge is 0.261 e. The Labute approximate surface area is 178 Å². The van der Waals surface area contributed by atoms with Crippen molar-refractivity contribution in [3.8, 4) is 0 Å². The molecular weight excluding hydrogens is 402 g/mol. The van der Waals surface area contributed by atoms with Crippen LogP contribution in [0.15, 0.2) is 42.7 Å². The number of aliphatic hydroxyl groups is 1. The van der Waals surface area contributed by atoms with E-state index in [-0.39, 0.29) is 18.7 Å². The van der Waals surface area contributed by atoms with Gasteiger partial charge in [-0.25, -0.2) is 0 Å². The quantitative estimate of drug-likeness (QED) is 0.545. The lowest BCUT2D eigenvalue weighted by atomic mass is 10.0. The van der Waals surface area contributed by atoms with Crippen molar-refractivity contribution in [1.29, 1.82) is 0 Å². The van der Waals surface area contributed by atoms with E-state index in [4.69, 9.17) is 11.6 Å². The van der Waals surface area contributed by atoms with Crippen LogP contribution in [0.4, 0.5) is 5.69 Å². The molecule has 4 heterocycles. The molecule has 8 heteroatoms. The van der Waals surface area contributed by atoms with Gasteiger partial charge in [0, 0.05) is 17.4 Å². The number of anilines is 1. The molecule has 1 unspecified atom stereocenters. The van der Waals surface area contributed by atoms with Gasteiger partial charge < -0.3 is 9.67 Å². The summed E-state index contributed by atoms with van der Waals surface area (Å²) in [5, 5.41) is 19.0. The molecule has 7 nitrogen and oxygen atoms in total. The van der Waals surface area contributed by atoms with Crippen molar-refractivity contribution in [2.45, 2.75) is 33.5 Å². The Balaban J connectivity index is 1.77. The van der Waals surface area contributed by atoms with E-state index >= 15 is 0 Å². The summed E-state index contributed by atoms with van der Waals surface area (Å²) in [7, 11) is 0. The van der Waals surface area contributed by atoms with Crippen molar-refractivity contribution < 1.29 is 9.90 Å². The third-order valence-electron chi connectivity index (χ3n) is 5.72. The van der Waals surface area contributed by atoms with Crippen LogP contribution in [0.1, 0.15) is 44.6 Å². The Hall–Kier alpha value is -3.16. The summed E-state index contributed by atoms with van der Waals surface area (Å²) in [5.41, 5.74) is 5.59. The molecule has 1 atom stereocenters. The summed E-state index contributed by atoms with van der Waals surface area (Å²) >= 11 is 6.11. The van der Waals surface area contributed by atoms with Gasteiger partial charge in [0.05, 0.1) is 16.9 Å². The molecule has 5 rings (SSSR count). The Bertz CT molecular complexity index is 1310. The highest BCUT2D eigenvalue weighted by molar-refractivity contribution is 6.30. The molecule has 1 N–H and O–H groups in total. The first-order chi connectivity index (χ1) is 14.4. The van der Waals surface area contributed by atoms with Gasteiger partial charge in [0.2, 0.25) is 0 Å². The van der Waals surface area contributed by atoms with Crippen molar-refractivity contribution >= 4 is 28.8 Å². The normalized spacial score (nSPS) is 16.0. The third-order valence-corrected chi connectivity index (χ3v) is 5.97. The lowest BCUT2D eigenvalue weighted by molar-refractivity contribution is 0.0993. The van der Waals surface area contributed by atoms with Gasteiger partial charge in [-0.3, -0.25) is 14.1 Å². The molecule has 0 fully saturated rings. The summed E-state index contributed by atoms with van der Waals surface area (Å²) in [5.74, 6) is 0.650. The van der Waals surface area contributed by atoms with Gasteiger partial charge in [0.25, 0.3) is 5.91 Å². The standard InChI is InChI=1S/C22H20ClN5O2/c1-12-8-17(10-27-14(3)24-25-21(12)27)28-19(15-4-6-16(23)7-5-15)20-18(22(28)30)13(2)9-26(20)11-29/h4-10,19,29H,11H2,1-3H3. The van der Waals surface area contributed by atoms with Crippen molar-refractivity contribution in [2.75, 3.05) is 4.90 Å². The van der Waals surface area contributed by atoms with Crippen molar-refractivity contribution in [2.24, 2.45) is 0 Å². The maximum Gasteiger partial charge on any atom is 0.261 e. The number of halogens is 1. The second kappa shape index (κ2) is 6.68. The Morgan fingerprint density at radius 1 is 1.07 bits per heavy atom. The average molecular weight is 422 g/mol. The molecule has 0 saturated heterocycles. The predicted molar refractivity (Wildman–Crippen MR) is 114 cm³/mol. The first-order valence-corrected chi connectivity index (χ1v) is 10.00. The number of carbonyl (C=O) groups is 1. The number of aromatic nitrogens is 4. The number of nitrogens with zero attached hydrogens (tertiary/aromatic N) is 5. The molecule has 0 bridgehead atoms. The highest BCUT2D eigenvalue weighted by Gasteiger charge is 2.43. The molecule has 1 amide bonds. The maximum atomic E-state index is 13.6. The van der Waals surface area contributed by atoms with Crippen LogP contribution in [-0.2, 0) is 6.73 Å². The zero-order valence-electron chi connectivity index (χ0n) is 16.8. The van der Waals surface area contributed by atoms with E-state index in [1.165, 1.54) is 0 Å². The number of amides is 1. The topological polar surface area (TPSA) is 75.7 Å². The summed E-state index contributed by atoms with van der Waals surface area (Å²) in [6, 6.07) is 9.03. The number of hydrogen-bond acceptors (Lipinski definition) is 4. The number of fused-ring (bicyclic) bond motifs is 2. The predicted octanol–water partition coefficient (Wildman–Crippen LogP) is 3.81. The number of rotatable bonds is 3. The molecular formula is C22H20ClN5O2. The Morgan fingerprint density at radius 2 is 1.80 bits per heavy atom. The molecule has 1 aromatic carbocycles. The van der Waals surface area contributed by atoms with Crippen molar-refractivity contribution in [3.05, 3.63) is 81.5 Å². The molecule has 0 spiro atoms. The molecule has 1 aliphatic rings. The first-order valence-electron chi connectivity index (χ1n) is 9.62. The summed E-state index contributed by atoms with van der Waals surface area (Å²) in [6.07, 6.45) is 3.71. The second-order valence-corrected chi connectivity index (χ2v) is 8.07. The van der Waals surface area contributed by atoms with Crippen LogP contribution in [0, 0.1) is 20.8 Å². The summed E-state index contributed by atoms with van der Waals surface area (Å²) in [6.45, 7) is 5.52. The lowest BCUT2D eigenvalue weighted by Gasteiger charge is -2.27. The van der Waals surface area contributed by atoms with Crippen molar-refractivity contribution in [3.63, 3.8) is 0 Å². The first kappa shape index (κ1) is 18.8. The minimum Gasteiger partial charge on any atom is -0.376 e. The molecule has 4 aromatic rings. The molecule has 0 radical (unpaired) electrons. The average Bonchev–Trinajstić information content (AvgIpc) is 3.35. The largest absolute Gasteiger partial charge is 0.376 e. The van der Waals surface area contributed by atoms with E-state index in [9.17, 15) is 9.90 Å². The molecule has 0 aliphatic carbocycles. The Morgan fingerprint density at radius 3 is 2.50 bits per heavy atom. The molecule has 0 saturated carbocycles. The van der Waals surface area contributed by atoms with E-state index in [1.54, 1.807) is 9.47 Å². The highest BCUT2D eigenvalue weighted by Crippen LogP contribution is 2.44. The fourth-order valence-electron chi connectivity index (χ4n) is 4.36. The van der Waals surface area contributed by atoms with E-state index in [1.807, 2.05) is 67.9 Å². The van der Waals surface area contributed by atoms with Crippen LogP contribution in [0.5, 0.6) is 0 Å². The van der Waals surface area contributed by atoms with Gasteiger partial charge in [-0.05, 0) is 55.7 Å². The fourth-order valence-corrected chi connectivity index (χ4v) is 4.49.